The number of aromatic amines is 1. The summed E-state index contributed by atoms with van der Waals surface area (Å²) in [6.07, 6.45) is 5.12. The van der Waals surface area contributed by atoms with Crippen molar-refractivity contribution in [2.45, 2.75) is 38.6 Å². The Kier molecular flexibility index (Phi) is 5.84. The van der Waals surface area contributed by atoms with Gasteiger partial charge in [0.05, 0.1) is 17.6 Å². The van der Waals surface area contributed by atoms with E-state index in [0.29, 0.717) is 5.92 Å². The zero-order valence-corrected chi connectivity index (χ0v) is 15.9. The number of rotatable bonds is 4. The van der Waals surface area contributed by atoms with Gasteiger partial charge in [-0.25, -0.2) is 0 Å². The van der Waals surface area contributed by atoms with Crippen LogP contribution < -0.4 is 10.6 Å². The highest BCUT2D eigenvalue weighted by Gasteiger charge is 2.26. The van der Waals surface area contributed by atoms with Crippen LogP contribution in [-0.2, 0) is 17.8 Å². The summed E-state index contributed by atoms with van der Waals surface area (Å²) < 4.78 is 0. The van der Waals surface area contributed by atoms with Gasteiger partial charge in [0.15, 0.2) is 0 Å². The van der Waals surface area contributed by atoms with E-state index in [1.54, 1.807) is 6.20 Å². The molecule has 2 aliphatic heterocycles. The summed E-state index contributed by atoms with van der Waals surface area (Å²) in [6, 6.07) is 6.63. The van der Waals surface area contributed by atoms with Gasteiger partial charge in [0.25, 0.3) is 0 Å². The van der Waals surface area contributed by atoms with Crippen molar-refractivity contribution in [2.75, 3.05) is 30.3 Å². The fourth-order valence-electron chi connectivity index (χ4n) is 4.11. The number of aromatic nitrogens is 2. The highest BCUT2D eigenvalue weighted by Crippen LogP contribution is 2.33. The van der Waals surface area contributed by atoms with E-state index in [0.717, 1.165) is 56.8 Å². The first-order valence-corrected chi connectivity index (χ1v) is 9.08. The molecule has 4 rings (SSSR count). The van der Waals surface area contributed by atoms with E-state index in [9.17, 15) is 4.79 Å². The topological polar surface area (TPSA) is 73.0 Å². The first-order chi connectivity index (χ1) is 12.2. The Balaban J connectivity index is 0.00000196. The van der Waals surface area contributed by atoms with Gasteiger partial charge in [-0.05, 0) is 36.9 Å². The Hall–Kier alpha value is -2.05. The molecule has 140 valence electrons. The van der Waals surface area contributed by atoms with Crippen LogP contribution in [0.4, 0.5) is 11.4 Å². The van der Waals surface area contributed by atoms with Crippen LogP contribution in [0.25, 0.3) is 0 Å². The van der Waals surface area contributed by atoms with Crippen molar-refractivity contribution in [3.63, 3.8) is 0 Å². The smallest absolute Gasteiger partial charge is 0.221 e. The second kappa shape index (κ2) is 8.10. The van der Waals surface area contributed by atoms with Crippen LogP contribution >= 0.6 is 12.4 Å². The number of carbonyl (C=O) groups is 1. The lowest BCUT2D eigenvalue weighted by atomic mass is 9.93. The van der Waals surface area contributed by atoms with Gasteiger partial charge in [0, 0.05) is 38.2 Å². The number of para-hydroxylation sites is 1. The molecule has 3 N–H and O–H groups in total. The van der Waals surface area contributed by atoms with Crippen molar-refractivity contribution >= 4 is 29.7 Å². The quantitative estimate of drug-likeness (QED) is 0.767. The van der Waals surface area contributed by atoms with Crippen LogP contribution in [0, 0.1) is 0 Å². The van der Waals surface area contributed by atoms with Gasteiger partial charge < -0.3 is 10.6 Å². The summed E-state index contributed by atoms with van der Waals surface area (Å²) in [5.41, 5.74) is 6.04. The number of piperidine rings is 1. The van der Waals surface area contributed by atoms with Crippen LogP contribution in [-0.4, -0.2) is 40.6 Å². The molecule has 0 bridgehead atoms. The SMILES string of the molecule is CC(=O)Nc1cn[nH]c1C1CCCN(Cc2cccc3c2NCC3)C1.Cl. The van der Waals surface area contributed by atoms with Gasteiger partial charge in [0.1, 0.15) is 0 Å². The van der Waals surface area contributed by atoms with Gasteiger partial charge in [-0.1, -0.05) is 18.2 Å². The van der Waals surface area contributed by atoms with Crippen LogP contribution in [0.1, 0.15) is 42.5 Å². The average Bonchev–Trinajstić information content (AvgIpc) is 3.24. The lowest BCUT2D eigenvalue weighted by Crippen LogP contribution is -2.34. The molecule has 7 heteroatoms. The van der Waals surface area contributed by atoms with Crippen molar-refractivity contribution in [2.24, 2.45) is 0 Å². The lowest BCUT2D eigenvalue weighted by Gasteiger charge is -2.33. The van der Waals surface area contributed by atoms with E-state index in [1.807, 2.05) is 0 Å². The molecule has 1 aromatic carbocycles. The fraction of sp³-hybridized carbons (Fsp3) is 0.474. The van der Waals surface area contributed by atoms with E-state index >= 15 is 0 Å². The minimum atomic E-state index is -0.0544. The largest absolute Gasteiger partial charge is 0.384 e. The number of hydrogen-bond acceptors (Lipinski definition) is 4. The van der Waals surface area contributed by atoms with E-state index < -0.39 is 0 Å². The molecule has 1 saturated heterocycles. The minimum absolute atomic E-state index is 0. The van der Waals surface area contributed by atoms with Crippen molar-refractivity contribution in [3.8, 4) is 0 Å². The van der Waals surface area contributed by atoms with Crippen molar-refractivity contribution in [1.29, 1.82) is 0 Å². The predicted octanol–water partition coefficient (Wildman–Crippen LogP) is 3.14. The number of amides is 1. The lowest BCUT2D eigenvalue weighted by molar-refractivity contribution is -0.114. The highest BCUT2D eigenvalue weighted by molar-refractivity contribution is 5.89. The van der Waals surface area contributed by atoms with E-state index in [-0.39, 0.29) is 18.3 Å². The number of halogens is 1. The Morgan fingerprint density at radius 2 is 2.31 bits per heavy atom. The molecular weight excluding hydrogens is 350 g/mol. The number of hydrogen-bond donors (Lipinski definition) is 3. The van der Waals surface area contributed by atoms with Gasteiger partial charge in [-0.2, -0.15) is 5.10 Å². The van der Waals surface area contributed by atoms with Gasteiger partial charge >= 0.3 is 0 Å². The van der Waals surface area contributed by atoms with Crippen LogP contribution in [0.2, 0.25) is 0 Å². The average molecular weight is 376 g/mol. The molecule has 6 nitrogen and oxygen atoms in total. The third-order valence-corrected chi connectivity index (χ3v) is 5.22. The Labute approximate surface area is 160 Å². The van der Waals surface area contributed by atoms with Gasteiger partial charge in [0.2, 0.25) is 5.91 Å². The van der Waals surface area contributed by atoms with Crippen molar-refractivity contribution < 1.29 is 4.79 Å². The molecule has 1 amide bonds. The molecule has 0 saturated carbocycles. The summed E-state index contributed by atoms with van der Waals surface area (Å²) in [6.45, 7) is 5.65. The summed E-state index contributed by atoms with van der Waals surface area (Å²) in [5.74, 6) is 0.323. The third-order valence-electron chi connectivity index (χ3n) is 5.22. The molecule has 0 aliphatic carbocycles. The monoisotopic (exact) mass is 375 g/mol. The van der Waals surface area contributed by atoms with Crippen LogP contribution in [0.15, 0.2) is 24.4 Å². The molecular formula is C19H26ClN5O. The zero-order valence-electron chi connectivity index (χ0n) is 15.0. The maximum atomic E-state index is 11.4. The first kappa shape index (κ1) is 18.7. The predicted molar refractivity (Wildman–Crippen MR) is 106 cm³/mol. The third kappa shape index (κ3) is 3.86. The molecule has 1 fully saturated rings. The van der Waals surface area contributed by atoms with Crippen molar-refractivity contribution in [1.82, 2.24) is 15.1 Å². The molecule has 1 unspecified atom stereocenters. The molecule has 2 aliphatic rings. The maximum Gasteiger partial charge on any atom is 0.221 e. The molecule has 0 spiro atoms. The number of anilines is 2. The Bertz CT molecular complexity index is 775. The molecule has 1 atom stereocenters. The highest BCUT2D eigenvalue weighted by atomic mass is 35.5. The second-order valence-corrected chi connectivity index (χ2v) is 7.08. The number of nitrogens with zero attached hydrogens (tertiary/aromatic N) is 2. The minimum Gasteiger partial charge on any atom is -0.384 e. The molecule has 26 heavy (non-hydrogen) atoms. The maximum absolute atomic E-state index is 11.4. The van der Waals surface area contributed by atoms with Crippen molar-refractivity contribution in [3.05, 3.63) is 41.2 Å². The molecule has 1 aromatic heterocycles. The normalized spacial score (nSPS) is 19.3. The van der Waals surface area contributed by atoms with Crippen LogP contribution in [0.3, 0.4) is 0 Å². The standard InChI is InChI=1S/C19H25N5O.ClH/c1-13(25)22-17-10-21-23-19(17)16-6-3-9-24(12-16)11-15-5-2-4-14-7-8-20-18(14)15;/h2,4-5,10,16,20H,3,6-9,11-12H2,1H3,(H,21,23)(H,22,25);1H. The van der Waals surface area contributed by atoms with E-state index in [4.69, 9.17) is 0 Å². The number of nitrogens with one attached hydrogen (secondary N) is 3. The summed E-state index contributed by atoms with van der Waals surface area (Å²) in [5, 5.41) is 13.7. The molecule has 2 aromatic rings. The summed E-state index contributed by atoms with van der Waals surface area (Å²) in [4.78, 5) is 13.9. The van der Waals surface area contributed by atoms with Gasteiger partial charge in [-0.3, -0.25) is 14.8 Å². The van der Waals surface area contributed by atoms with Crippen LogP contribution in [0.5, 0.6) is 0 Å². The van der Waals surface area contributed by atoms with E-state index in [2.05, 4.69) is 43.9 Å². The number of fused-ring (bicyclic) bond motifs is 1. The Morgan fingerprint density at radius 1 is 1.42 bits per heavy atom. The zero-order chi connectivity index (χ0) is 17.2. The first-order valence-electron chi connectivity index (χ1n) is 9.08. The second-order valence-electron chi connectivity index (χ2n) is 7.08. The number of benzene rings is 1. The number of H-pyrrole nitrogens is 1. The van der Waals surface area contributed by atoms with Gasteiger partial charge in [-0.15, -0.1) is 12.4 Å². The van der Waals surface area contributed by atoms with E-state index in [1.165, 1.54) is 23.7 Å². The fourth-order valence-corrected chi connectivity index (χ4v) is 4.11. The summed E-state index contributed by atoms with van der Waals surface area (Å²) in [7, 11) is 0. The Morgan fingerprint density at radius 3 is 3.15 bits per heavy atom. The molecule has 3 heterocycles. The number of likely N-dealkylation sites (tertiary alicyclic amines) is 1. The summed E-state index contributed by atoms with van der Waals surface area (Å²) >= 11 is 0. The number of carbonyl (C=O) groups excluding carboxylic acids is 1. The molecule has 0 radical (unpaired) electrons.